The van der Waals surface area contributed by atoms with E-state index in [1.165, 1.54) is 11.8 Å². The van der Waals surface area contributed by atoms with Crippen LogP contribution in [0.5, 0.6) is 0 Å². The lowest BCUT2D eigenvalue weighted by atomic mass is 10.2. The summed E-state index contributed by atoms with van der Waals surface area (Å²) in [6.45, 7) is 0. The lowest BCUT2D eigenvalue weighted by Crippen LogP contribution is -2.49. The Bertz CT molecular complexity index is 193. The number of hydrogen-bond donors (Lipinski definition) is 3. The van der Waals surface area contributed by atoms with Gasteiger partial charge in [-0.15, -0.1) is 24.2 Å². The molecule has 1 aliphatic rings. The number of carboxylic acid groups (broad SMARTS) is 2. The average Bonchev–Trinajstić information content (AvgIpc) is 2.04. The van der Waals surface area contributed by atoms with Crippen LogP contribution >= 0.6 is 24.2 Å². The molecule has 3 N–H and O–H groups in total. The molecule has 1 heterocycles. The summed E-state index contributed by atoms with van der Waals surface area (Å²) in [5, 5.41) is 18.9. The van der Waals surface area contributed by atoms with Crippen molar-refractivity contribution in [3.05, 3.63) is 0 Å². The van der Waals surface area contributed by atoms with E-state index in [1.807, 2.05) is 0 Å². The normalized spacial score (nSPS) is 27.4. The first kappa shape index (κ1) is 12.5. The zero-order valence-electron chi connectivity index (χ0n) is 6.60. The first-order chi connectivity index (χ1) is 5.61. The second kappa shape index (κ2) is 5.31. The first-order valence-electron chi connectivity index (χ1n) is 3.44. The van der Waals surface area contributed by atoms with Crippen LogP contribution in [0.4, 0.5) is 0 Å². The highest BCUT2D eigenvalue weighted by molar-refractivity contribution is 8.00. The third kappa shape index (κ3) is 3.41. The van der Waals surface area contributed by atoms with Crippen LogP contribution in [0.1, 0.15) is 6.42 Å². The molecule has 2 atom stereocenters. The zero-order chi connectivity index (χ0) is 9.14. The number of hydrogen-bond acceptors (Lipinski definition) is 4. The summed E-state index contributed by atoms with van der Waals surface area (Å²) in [7, 11) is 0. The van der Waals surface area contributed by atoms with Crippen molar-refractivity contribution < 1.29 is 19.8 Å². The molecule has 7 heteroatoms. The largest absolute Gasteiger partial charge is 0.480 e. The minimum absolute atomic E-state index is 0. The molecule has 1 unspecified atom stereocenters. The summed E-state index contributed by atoms with van der Waals surface area (Å²) >= 11 is 1.22. The number of halogens is 1. The molecule has 0 radical (unpaired) electrons. The van der Waals surface area contributed by atoms with E-state index in [2.05, 4.69) is 5.32 Å². The first-order valence-corrected chi connectivity index (χ1v) is 4.49. The Morgan fingerprint density at radius 3 is 2.38 bits per heavy atom. The maximum absolute atomic E-state index is 10.5. The molecule has 0 aromatic rings. The molecule has 0 aromatic carbocycles. The molecule has 0 saturated carbocycles. The molecule has 1 aliphatic heterocycles. The van der Waals surface area contributed by atoms with Crippen LogP contribution in [0.2, 0.25) is 0 Å². The lowest BCUT2D eigenvalue weighted by molar-refractivity contribution is -0.141. The van der Waals surface area contributed by atoms with Crippen molar-refractivity contribution in [2.75, 3.05) is 5.75 Å². The molecule has 0 bridgehead atoms. The summed E-state index contributed by atoms with van der Waals surface area (Å²) in [6.07, 6.45) is 0.476. The van der Waals surface area contributed by atoms with Crippen molar-refractivity contribution in [3.8, 4) is 0 Å². The Kier molecular flexibility index (Phi) is 5.12. The molecular weight excluding hydrogens is 218 g/mol. The molecule has 0 aromatic heterocycles. The van der Waals surface area contributed by atoms with Crippen molar-refractivity contribution in [2.45, 2.75) is 17.8 Å². The van der Waals surface area contributed by atoms with Gasteiger partial charge in [0.05, 0.1) is 0 Å². The molecule has 5 nitrogen and oxygen atoms in total. The van der Waals surface area contributed by atoms with Crippen LogP contribution < -0.4 is 5.32 Å². The third-order valence-corrected chi connectivity index (χ3v) is 2.71. The number of thioether (sulfide) groups is 1. The summed E-state index contributed by atoms with van der Waals surface area (Å²) in [5.41, 5.74) is 0. The number of rotatable bonds is 2. The van der Waals surface area contributed by atoms with Gasteiger partial charge in [-0.1, -0.05) is 0 Å². The fourth-order valence-corrected chi connectivity index (χ4v) is 1.97. The van der Waals surface area contributed by atoms with E-state index >= 15 is 0 Å². The highest BCUT2D eigenvalue weighted by atomic mass is 35.5. The summed E-state index contributed by atoms with van der Waals surface area (Å²) in [5.74, 6) is -1.42. The maximum atomic E-state index is 10.5. The van der Waals surface area contributed by atoms with Crippen LogP contribution in [0.25, 0.3) is 0 Å². The van der Waals surface area contributed by atoms with E-state index in [1.54, 1.807) is 0 Å². The van der Waals surface area contributed by atoms with E-state index in [4.69, 9.17) is 10.2 Å². The highest BCUT2D eigenvalue weighted by Gasteiger charge is 2.30. The molecule has 76 valence electrons. The van der Waals surface area contributed by atoms with Crippen LogP contribution in [-0.4, -0.2) is 39.3 Å². The Morgan fingerprint density at radius 1 is 1.31 bits per heavy atom. The van der Waals surface area contributed by atoms with E-state index in [9.17, 15) is 9.59 Å². The third-order valence-electron chi connectivity index (χ3n) is 1.57. The molecular formula is C6H10ClNO4S. The Labute approximate surface area is 85.3 Å². The quantitative estimate of drug-likeness (QED) is 0.616. The van der Waals surface area contributed by atoms with Gasteiger partial charge >= 0.3 is 11.9 Å². The number of carbonyl (C=O) groups is 2. The Morgan fingerprint density at radius 2 is 1.92 bits per heavy atom. The van der Waals surface area contributed by atoms with Crippen molar-refractivity contribution in [1.82, 2.24) is 5.32 Å². The van der Waals surface area contributed by atoms with Crippen molar-refractivity contribution in [2.24, 2.45) is 0 Å². The van der Waals surface area contributed by atoms with Crippen LogP contribution in [-0.2, 0) is 9.59 Å². The maximum Gasteiger partial charge on any atom is 0.331 e. The van der Waals surface area contributed by atoms with Crippen LogP contribution in [0.15, 0.2) is 0 Å². The SMILES string of the molecule is Cl.O=C(O)C1N[C@@H](C(=O)O)CCS1. The van der Waals surface area contributed by atoms with Crippen LogP contribution in [0, 0.1) is 0 Å². The fraction of sp³-hybridized carbons (Fsp3) is 0.667. The molecule has 1 rings (SSSR count). The van der Waals surface area contributed by atoms with Gasteiger partial charge in [-0.3, -0.25) is 10.1 Å². The van der Waals surface area contributed by atoms with Gasteiger partial charge < -0.3 is 10.2 Å². The molecule has 0 spiro atoms. The lowest BCUT2D eigenvalue weighted by Gasteiger charge is -2.24. The number of nitrogens with one attached hydrogen (secondary N) is 1. The standard InChI is InChI=1S/C6H9NO4S.ClH/c8-5(9)3-1-2-12-4(7-3)6(10)11;/h3-4,7H,1-2H2,(H,8,9)(H,10,11);1H/t3-,4?;/m1./s1. The minimum atomic E-state index is -1.01. The van der Waals surface area contributed by atoms with Crippen molar-refractivity contribution in [1.29, 1.82) is 0 Å². The topological polar surface area (TPSA) is 86.6 Å². The molecule has 0 amide bonds. The minimum Gasteiger partial charge on any atom is -0.480 e. The zero-order valence-corrected chi connectivity index (χ0v) is 8.23. The fourth-order valence-electron chi connectivity index (χ4n) is 0.955. The van der Waals surface area contributed by atoms with Gasteiger partial charge in [0.1, 0.15) is 6.04 Å². The van der Waals surface area contributed by atoms with E-state index in [-0.39, 0.29) is 12.4 Å². The predicted molar refractivity (Wildman–Crippen MR) is 50.3 cm³/mol. The van der Waals surface area contributed by atoms with Gasteiger partial charge in [-0.25, -0.2) is 4.79 Å². The van der Waals surface area contributed by atoms with Gasteiger partial charge in [0.15, 0.2) is 5.37 Å². The van der Waals surface area contributed by atoms with Crippen molar-refractivity contribution in [3.63, 3.8) is 0 Å². The second-order valence-corrected chi connectivity index (χ2v) is 3.65. The summed E-state index contributed by atoms with van der Waals surface area (Å²) in [6, 6.07) is -0.715. The van der Waals surface area contributed by atoms with E-state index in [0.29, 0.717) is 12.2 Å². The van der Waals surface area contributed by atoms with Crippen molar-refractivity contribution >= 4 is 36.1 Å². The number of carboxylic acids is 2. The molecule has 1 saturated heterocycles. The summed E-state index contributed by atoms with van der Waals surface area (Å²) in [4.78, 5) is 20.9. The Hall–Kier alpha value is -0.460. The smallest absolute Gasteiger partial charge is 0.331 e. The molecule has 0 aliphatic carbocycles. The van der Waals surface area contributed by atoms with Gasteiger partial charge in [-0.2, -0.15) is 0 Å². The molecule has 1 fully saturated rings. The molecule has 13 heavy (non-hydrogen) atoms. The highest BCUT2D eigenvalue weighted by Crippen LogP contribution is 2.18. The van der Waals surface area contributed by atoms with Gasteiger partial charge in [0, 0.05) is 0 Å². The number of aliphatic carboxylic acids is 2. The van der Waals surface area contributed by atoms with Gasteiger partial charge in [0.25, 0.3) is 0 Å². The van der Waals surface area contributed by atoms with Gasteiger partial charge in [-0.05, 0) is 12.2 Å². The summed E-state index contributed by atoms with van der Waals surface area (Å²) < 4.78 is 0. The van der Waals surface area contributed by atoms with E-state index < -0.39 is 23.4 Å². The average molecular weight is 228 g/mol. The monoisotopic (exact) mass is 227 g/mol. The van der Waals surface area contributed by atoms with E-state index in [0.717, 1.165) is 0 Å². The Balaban J connectivity index is 0.00000144. The van der Waals surface area contributed by atoms with Crippen LogP contribution in [0.3, 0.4) is 0 Å². The second-order valence-electron chi connectivity index (χ2n) is 2.44. The predicted octanol–water partition coefficient (Wildman–Crippen LogP) is -0.00140. The van der Waals surface area contributed by atoms with Gasteiger partial charge in [0.2, 0.25) is 0 Å².